The van der Waals surface area contributed by atoms with Crippen LogP contribution in [0.1, 0.15) is 26.2 Å². The van der Waals surface area contributed by atoms with Crippen LogP contribution in [0.15, 0.2) is 0 Å². The van der Waals surface area contributed by atoms with Gasteiger partial charge in [-0.1, -0.05) is 6.42 Å². The summed E-state index contributed by atoms with van der Waals surface area (Å²) in [5.74, 6) is 0.0632. The number of rotatable bonds is 5. The zero-order valence-corrected chi connectivity index (χ0v) is 9.79. The molecule has 1 heterocycles. The van der Waals surface area contributed by atoms with Crippen LogP contribution in [0.25, 0.3) is 0 Å². The van der Waals surface area contributed by atoms with E-state index < -0.39 is 0 Å². The number of amides is 1. The van der Waals surface area contributed by atoms with Crippen molar-refractivity contribution in [1.29, 1.82) is 0 Å². The maximum atomic E-state index is 11.4. The highest BCUT2D eigenvalue weighted by Crippen LogP contribution is 2.06. The number of carbonyl (C=O) groups excluding carboxylic acids is 1. The molecule has 15 heavy (non-hydrogen) atoms. The minimum atomic E-state index is 0.0632. The van der Waals surface area contributed by atoms with Gasteiger partial charge < -0.3 is 15.0 Å². The van der Waals surface area contributed by atoms with Crippen LogP contribution in [0.5, 0.6) is 0 Å². The maximum absolute atomic E-state index is 11.4. The number of nitrogens with zero attached hydrogens (tertiary/aromatic N) is 1. The minimum absolute atomic E-state index is 0.0632. The molecule has 1 saturated heterocycles. The molecular weight excluding hydrogens is 192 g/mol. The third kappa shape index (κ3) is 4.62. The van der Waals surface area contributed by atoms with E-state index in [1.165, 1.54) is 12.8 Å². The van der Waals surface area contributed by atoms with E-state index in [1.807, 2.05) is 6.92 Å². The lowest BCUT2D eigenvalue weighted by Gasteiger charge is -2.23. The van der Waals surface area contributed by atoms with E-state index >= 15 is 0 Å². The summed E-state index contributed by atoms with van der Waals surface area (Å²) in [6, 6.07) is 0.443. The van der Waals surface area contributed by atoms with Gasteiger partial charge in [0.15, 0.2) is 0 Å². The standard InChI is InChI=1S/C11H22N2O2/c1-3-13(2)11(14)9-15-8-10-6-4-5-7-12-10/h10,12H,3-9H2,1-2H3. The summed E-state index contributed by atoms with van der Waals surface area (Å²) >= 11 is 0. The molecule has 1 rings (SSSR count). The summed E-state index contributed by atoms with van der Waals surface area (Å²) in [5, 5.41) is 3.39. The summed E-state index contributed by atoms with van der Waals surface area (Å²) < 4.78 is 5.40. The molecule has 1 N–H and O–H groups in total. The fourth-order valence-electron chi connectivity index (χ4n) is 1.64. The van der Waals surface area contributed by atoms with Gasteiger partial charge in [0.25, 0.3) is 0 Å². The van der Waals surface area contributed by atoms with Crippen LogP contribution in [-0.2, 0) is 9.53 Å². The monoisotopic (exact) mass is 214 g/mol. The molecule has 1 unspecified atom stereocenters. The molecule has 4 heteroatoms. The molecule has 0 radical (unpaired) electrons. The topological polar surface area (TPSA) is 41.6 Å². The van der Waals surface area contributed by atoms with Gasteiger partial charge in [-0.15, -0.1) is 0 Å². The predicted molar refractivity (Wildman–Crippen MR) is 59.8 cm³/mol. The van der Waals surface area contributed by atoms with E-state index in [9.17, 15) is 4.79 Å². The molecule has 0 aromatic heterocycles. The van der Waals surface area contributed by atoms with Crippen LogP contribution in [-0.4, -0.2) is 50.2 Å². The van der Waals surface area contributed by atoms with Crippen molar-refractivity contribution in [1.82, 2.24) is 10.2 Å². The highest BCUT2D eigenvalue weighted by Gasteiger charge is 2.13. The first-order valence-electron chi connectivity index (χ1n) is 5.79. The average Bonchev–Trinajstić information content (AvgIpc) is 2.29. The Bertz CT molecular complexity index is 191. The van der Waals surface area contributed by atoms with Crippen LogP contribution in [0, 0.1) is 0 Å². The van der Waals surface area contributed by atoms with Crippen LogP contribution >= 0.6 is 0 Å². The zero-order chi connectivity index (χ0) is 11.1. The predicted octanol–water partition coefficient (Wildman–Crippen LogP) is 0.623. The third-order valence-corrected chi connectivity index (χ3v) is 2.86. The van der Waals surface area contributed by atoms with Crippen molar-refractivity contribution in [2.75, 3.05) is 33.4 Å². The van der Waals surface area contributed by atoms with Crippen LogP contribution < -0.4 is 5.32 Å². The van der Waals surface area contributed by atoms with E-state index in [4.69, 9.17) is 4.74 Å². The van der Waals surface area contributed by atoms with Crippen LogP contribution in [0.4, 0.5) is 0 Å². The first-order chi connectivity index (χ1) is 7.24. The Balaban J connectivity index is 2.07. The van der Waals surface area contributed by atoms with Gasteiger partial charge in [0.05, 0.1) is 6.61 Å². The smallest absolute Gasteiger partial charge is 0.248 e. The second kappa shape index (κ2) is 6.80. The van der Waals surface area contributed by atoms with Crippen molar-refractivity contribution in [2.45, 2.75) is 32.2 Å². The van der Waals surface area contributed by atoms with Gasteiger partial charge in [-0.05, 0) is 26.3 Å². The number of nitrogens with one attached hydrogen (secondary N) is 1. The highest BCUT2D eigenvalue weighted by molar-refractivity contribution is 5.77. The van der Waals surface area contributed by atoms with E-state index in [2.05, 4.69) is 5.32 Å². The summed E-state index contributed by atoms with van der Waals surface area (Å²) in [4.78, 5) is 13.1. The van der Waals surface area contributed by atoms with Crippen molar-refractivity contribution in [3.63, 3.8) is 0 Å². The molecule has 1 aliphatic heterocycles. The Kier molecular flexibility index (Phi) is 5.65. The molecular formula is C11H22N2O2. The van der Waals surface area contributed by atoms with Crippen molar-refractivity contribution in [3.05, 3.63) is 0 Å². The summed E-state index contributed by atoms with van der Waals surface area (Å²) in [6.07, 6.45) is 3.69. The second-order valence-electron chi connectivity index (χ2n) is 4.07. The van der Waals surface area contributed by atoms with Gasteiger partial charge in [0.1, 0.15) is 6.61 Å². The average molecular weight is 214 g/mol. The van der Waals surface area contributed by atoms with Gasteiger partial charge >= 0.3 is 0 Å². The van der Waals surface area contributed by atoms with Gasteiger partial charge in [0.2, 0.25) is 5.91 Å². The Hall–Kier alpha value is -0.610. The minimum Gasteiger partial charge on any atom is -0.370 e. The van der Waals surface area contributed by atoms with E-state index in [0.717, 1.165) is 19.5 Å². The number of hydrogen-bond acceptors (Lipinski definition) is 3. The van der Waals surface area contributed by atoms with Gasteiger partial charge in [0, 0.05) is 19.6 Å². The van der Waals surface area contributed by atoms with E-state index in [-0.39, 0.29) is 12.5 Å². The Labute approximate surface area is 92.0 Å². The molecule has 1 atom stereocenters. The van der Waals surface area contributed by atoms with Crippen LogP contribution in [0.2, 0.25) is 0 Å². The van der Waals surface area contributed by atoms with E-state index in [1.54, 1.807) is 11.9 Å². The van der Waals surface area contributed by atoms with Gasteiger partial charge in [-0.2, -0.15) is 0 Å². The molecule has 4 nitrogen and oxygen atoms in total. The molecule has 1 aliphatic rings. The third-order valence-electron chi connectivity index (χ3n) is 2.86. The quantitative estimate of drug-likeness (QED) is 0.729. The van der Waals surface area contributed by atoms with Gasteiger partial charge in [-0.25, -0.2) is 0 Å². The number of hydrogen-bond donors (Lipinski definition) is 1. The summed E-state index contributed by atoms with van der Waals surface area (Å²) in [5.41, 5.74) is 0. The lowest BCUT2D eigenvalue weighted by molar-refractivity contribution is -0.134. The molecule has 0 saturated carbocycles. The number of carbonyl (C=O) groups is 1. The molecule has 88 valence electrons. The van der Waals surface area contributed by atoms with Crippen LogP contribution in [0.3, 0.4) is 0 Å². The van der Waals surface area contributed by atoms with Crippen molar-refractivity contribution in [3.8, 4) is 0 Å². The Morgan fingerprint density at radius 2 is 2.33 bits per heavy atom. The SMILES string of the molecule is CCN(C)C(=O)COCC1CCCCN1. The normalized spacial score (nSPS) is 21.3. The lowest BCUT2D eigenvalue weighted by atomic mass is 10.1. The first kappa shape index (κ1) is 12.5. The zero-order valence-electron chi connectivity index (χ0n) is 9.79. The molecule has 0 aromatic rings. The fraction of sp³-hybridized carbons (Fsp3) is 0.909. The largest absolute Gasteiger partial charge is 0.370 e. The first-order valence-corrected chi connectivity index (χ1v) is 5.79. The Morgan fingerprint density at radius 1 is 1.53 bits per heavy atom. The molecule has 0 aliphatic carbocycles. The maximum Gasteiger partial charge on any atom is 0.248 e. The lowest BCUT2D eigenvalue weighted by Crippen LogP contribution is -2.39. The second-order valence-corrected chi connectivity index (χ2v) is 4.07. The van der Waals surface area contributed by atoms with Gasteiger partial charge in [-0.3, -0.25) is 4.79 Å². The molecule has 1 fully saturated rings. The molecule has 0 aromatic carbocycles. The Morgan fingerprint density at radius 3 is 2.93 bits per heavy atom. The number of likely N-dealkylation sites (N-methyl/N-ethyl adjacent to an activating group) is 1. The molecule has 1 amide bonds. The van der Waals surface area contributed by atoms with Crippen molar-refractivity contribution >= 4 is 5.91 Å². The number of ether oxygens (including phenoxy) is 1. The van der Waals surface area contributed by atoms with Crippen molar-refractivity contribution in [2.24, 2.45) is 0 Å². The van der Waals surface area contributed by atoms with E-state index in [0.29, 0.717) is 12.6 Å². The summed E-state index contributed by atoms with van der Waals surface area (Å²) in [6.45, 7) is 4.65. The van der Waals surface area contributed by atoms with Crippen molar-refractivity contribution < 1.29 is 9.53 Å². The summed E-state index contributed by atoms with van der Waals surface area (Å²) in [7, 11) is 1.80. The highest BCUT2D eigenvalue weighted by atomic mass is 16.5. The number of piperidine rings is 1. The molecule has 0 bridgehead atoms. The fourth-order valence-corrected chi connectivity index (χ4v) is 1.64. The molecule has 0 spiro atoms.